The molecule has 0 fully saturated rings. The Morgan fingerprint density at radius 2 is 1.73 bits per heavy atom. The Morgan fingerprint density at radius 3 is 2.43 bits per heavy atom. The van der Waals surface area contributed by atoms with Gasteiger partial charge in [0.1, 0.15) is 5.75 Å². The van der Waals surface area contributed by atoms with Crippen LogP contribution in [0.15, 0.2) is 54.7 Å². The number of H-pyrrole nitrogens is 1. The monoisotopic (exact) mass is 424 g/mol. The Labute approximate surface area is 185 Å². The number of likely N-dealkylation sites (N-methyl/N-ethyl adjacent to an activating group) is 1. The van der Waals surface area contributed by atoms with E-state index >= 15 is 0 Å². The van der Waals surface area contributed by atoms with E-state index in [0.29, 0.717) is 6.61 Å². The van der Waals surface area contributed by atoms with Crippen LogP contribution in [0.2, 0.25) is 0 Å². The number of aromatic nitrogens is 1. The van der Waals surface area contributed by atoms with Gasteiger partial charge in [-0.25, -0.2) is 0 Å². The summed E-state index contributed by atoms with van der Waals surface area (Å²) in [5, 5.41) is 5.38. The molecule has 0 amide bonds. The predicted molar refractivity (Wildman–Crippen MR) is 130 cm³/mol. The van der Waals surface area contributed by atoms with E-state index in [0.717, 1.165) is 54.8 Å². The molecule has 0 saturated carbocycles. The molecule has 3 rings (SSSR count). The van der Waals surface area contributed by atoms with Crippen LogP contribution in [0.25, 0.3) is 10.9 Å². The molecule has 0 atom stereocenters. The molecule has 1 aromatic heterocycles. The number of hydrogen-bond donors (Lipinski definition) is 2. The van der Waals surface area contributed by atoms with Crippen LogP contribution >= 0.6 is 12.2 Å². The highest BCUT2D eigenvalue weighted by Gasteiger charge is 2.14. The number of fused-ring (bicyclic) bond motifs is 1. The number of benzene rings is 2. The highest BCUT2D eigenvalue weighted by atomic mass is 32.1. The summed E-state index contributed by atoms with van der Waals surface area (Å²) in [6.45, 7) is 11.7. The first kappa shape index (κ1) is 22.1. The van der Waals surface area contributed by atoms with Crippen LogP contribution in [0, 0.1) is 0 Å². The van der Waals surface area contributed by atoms with Gasteiger partial charge in [-0.3, -0.25) is 0 Å². The molecule has 0 aliphatic heterocycles. The van der Waals surface area contributed by atoms with Crippen LogP contribution in [-0.4, -0.2) is 52.7 Å². The minimum Gasteiger partial charge on any atom is -0.494 e. The SMILES string of the molecule is CCOc1ccc(NC(=S)N(CCN(CC)CC)Cc2c[nH]c3ccccc23)cc1. The highest BCUT2D eigenvalue weighted by molar-refractivity contribution is 7.80. The standard InChI is InChI=1S/C24H32N4OS/c1-4-27(5-2)15-16-28(18-19-17-25-23-10-8-7-9-22(19)23)24(30)26-20-11-13-21(14-12-20)29-6-3/h7-14,17,25H,4-6,15-16,18H2,1-3H3,(H,26,30). The maximum Gasteiger partial charge on any atom is 0.173 e. The second-order valence-electron chi connectivity index (χ2n) is 7.20. The molecule has 0 aliphatic carbocycles. The molecule has 6 heteroatoms. The Balaban J connectivity index is 1.74. The zero-order valence-corrected chi connectivity index (χ0v) is 19.0. The van der Waals surface area contributed by atoms with Gasteiger partial charge in [0.25, 0.3) is 0 Å². The lowest BCUT2D eigenvalue weighted by molar-refractivity contribution is 0.266. The molecule has 3 aromatic rings. The van der Waals surface area contributed by atoms with E-state index in [9.17, 15) is 0 Å². The fourth-order valence-electron chi connectivity index (χ4n) is 3.53. The van der Waals surface area contributed by atoms with Gasteiger partial charge in [0.05, 0.1) is 6.61 Å². The van der Waals surface area contributed by atoms with Crippen molar-refractivity contribution in [1.29, 1.82) is 0 Å². The number of para-hydroxylation sites is 1. The number of rotatable bonds is 10. The Bertz CT molecular complexity index is 934. The maximum atomic E-state index is 5.82. The molecule has 0 spiro atoms. The number of ether oxygens (including phenoxy) is 1. The second-order valence-corrected chi connectivity index (χ2v) is 7.58. The van der Waals surface area contributed by atoms with E-state index in [4.69, 9.17) is 17.0 Å². The van der Waals surface area contributed by atoms with E-state index in [1.807, 2.05) is 31.2 Å². The van der Waals surface area contributed by atoms with Gasteiger partial charge in [0.15, 0.2) is 5.11 Å². The van der Waals surface area contributed by atoms with E-state index in [1.165, 1.54) is 10.9 Å². The molecular formula is C24H32N4OS. The summed E-state index contributed by atoms with van der Waals surface area (Å²) in [5.74, 6) is 0.867. The number of nitrogens with one attached hydrogen (secondary N) is 2. The first-order valence-corrected chi connectivity index (χ1v) is 11.1. The van der Waals surface area contributed by atoms with Crippen molar-refractivity contribution in [2.75, 3.05) is 38.1 Å². The molecule has 0 bridgehead atoms. The Morgan fingerprint density at radius 1 is 1.00 bits per heavy atom. The normalized spacial score (nSPS) is 11.1. The topological polar surface area (TPSA) is 43.5 Å². The summed E-state index contributed by atoms with van der Waals surface area (Å²) in [5.41, 5.74) is 3.37. The van der Waals surface area contributed by atoms with Gasteiger partial charge in [-0.05, 0) is 68.1 Å². The molecule has 160 valence electrons. The number of hydrogen-bond acceptors (Lipinski definition) is 3. The van der Waals surface area contributed by atoms with Crippen molar-refractivity contribution >= 4 is 33.9 Å². The lowest BCUT2D eigenvalue weighted by Gasteiger charge is -2.29. The summed E-state index contributed by atoms with van der Waals surface area (Å²) >= 11 is 5.82. The molecule has 30 heavy (non-hydrogen) atoms. The van der Waals surface area contributed by atoms with Crippen LogP contribution in [0.5, 0.6) is 5.75 Å². The zero-order chi connectivity index (χ0) is 21.3. The van der Waals surface area contributed by atoms with Gasteiger partial charge in [0.2, 0.25) is 0 Å². The quantitative estimate of drug-likeness (QED) is 0.443. The van der Waals surface area contributed by atoms with Crippen LogP contribution in [-0.2, 0) is 6.54 Å². The molecule has 0 aliphatic rings. The lowest BCUT2D eigenvalue weighted by Crippen LogP contribution is -2.40. The largest absolute Gasteiger partial charge is 0.494 e. The summed E-state index contributed by atoms with van der Waals surface area (Å²) in [6.07, 6.45) is 2.09. The Hall–Kier alpha value is -2.57. The lowest BCUT2D eigenvalue weighted by atomic mass is 10.1. The van der Waals surface area contributed by atoms with Crippen molar-refractivity contribution < 1.29 is 4.74 Å². The molecule has 2 N–H and O–H groups in total. The number of aromatic amines is 1. The van der Waals surface area contributed by atoms with Gasteiger partial charge in [-0.15, -0.1) is 0 Å². The van der Waals surface area contributed by atoms with Crippen molar-refractivity contribution in [2.45, 2.75) is 27.3 Å². The van der Waals surface area contributed by atoms with Crippen LogP contribution in [0.4, 0.5) is 5.69 Å². The van der Waals surface area contributed by atoms with Crippen molar-refractivity contribution in [3.63, 3.8) is 0 Å². The van der Waals surface area contributed by atoms with Crippen molar-refractivity contribution in [3.05, 3.63) is 60.3 Å². The third-order valence-electron chi connectivity index (χ3n) is 5.32. The van der Waals surface area contributed by atoms with Gasteiger partial charge < -0.3 is 24.8 Å². The Kier molecular flexibility index (Phi) is 8.11. The number of thiocarbonyl (C=S) groups is 1. The molecule has 2 aromatic carbocycles. The average Bonchev–Trinajstić information content (AvgIpc) is 3.18. The van der Waals surface area contributed by atoms with Gasteiger partial charge in [-0.1, -0.05) is 32.0 Å². The molecular weight excluding hydrogens is 392 g/mol. The third-order valence-corrected chi connectivity index (χ3v) is 5.68. The van der Waals surface area contributed by atoms with Gasteiger partial charge in [0, 0.05) is 42.4 Å². The van der Waals surface area contributed by atoms with E-state index < -0.39 is 0 Å². The summed E-state index contributed by atoms with van der Waals surface area (Å²) < 4.78 is 5.53. The first-order valence-electron chi connectivity index (χ1n) is 10.7. The van der Waals surface area contributed by atoms with Crippen molar-refractivity contribution in [1.82, 2.24) is 14.8 Å². The minimum absolute atomic E-state index is 0.662. The molecule has 0 saturated heterocycles. The molecule has 0 unspecified atom stereocenters. The third kappa shape index (κ3) is 5.74. The van der Waals surface area contributed by atoms with Crippen molar-refractivity contribution in [2.24, 2.45) is 0 Å². The minimum atomic E-state index is 0.662. The first-order chi connectivity index (χ1) is 14.6. The molecule has 0 radical (unpaired) electrons. The van der Waals surface area contributed by atoms with Gasteiger partial charge in [-0.2, -0.15) is 0 Å². The fourth-order valence-corrected chi connectivity index (χ4v) is 3.80. The predicted octanol–water partition coefficient (Wildman–Crippen LogP) is 5.11. The highest BCUT2D eigenvalue weighted by Crippen LogP contribution is 2.21. The van der Waals surface area contributed by atoms with E-state index in [2.05, 4.69) is 64.4 Å². The maximum absolute atomic E-state index is 5.82. The zero-order valence-electron chi connectivity index (χ0n) is 18.1. The second kappa shape index (κ2) is 11.0. The van der Waals surface area contributed by atoms with E-state index in [-0.39, 0.29) is 0 Å². The van der Waals surface area contributed by atoms with Crippen molar-refractivity contribution in [3.8, 4) is 5.75 Å². The van der Waals surface area contributed by atoms with Crippen LogP contribution < -0.4 is 10.1 Å². The molecule has 1 heterocycles. The average molecular weight is 425 g/mol. The smallest absolute Gasteiger partial charge is 0.173 e. The van der Waals surface area contributed by atoms with Gasteiger partial charge >= 0.3 is 0 Å². The summed E-state index contributed by atoms with van der Waals surface area (Å²) in [6, 6.07) is 16.3. The number of nitrogens with zero attached hydrogens (tertiary/aromatic N) is 2. The number of anilines is 1. The summed E-state index contributed by atoms with van der Waals surface area (Å²) in [4.78, 5) is 8.04. The molecule has 5 nitrogen and oxygen atoms in total. The summed E-state index contributed by atoms with van der Waals surface area (Å²) in [7, 11) is 0. The van der Waals surface area contributed by atoms with E-state index in [1.54, 1.807) is 0 Å². The fraction of sp³-hybridized carbons (Fsp3) is 0.375. The van der Waals surface area contributed by atoms with Crippen LogP contribution in [0.1, 0.15) is 26.3 Å². The van der Waals surface area contributed by atoms with Crippen LogP contribution in [0.3, 0.4) is 0 Å².